The first-order valence-corrected chi connectivity index (χ1v) is 5.02. The minimum absolute atomic E-state index is 0.0187. The third kappa shape index (κ3) is 2.09. The predicted octanol–water partition coefficient (Wildman–Crippen LogP) is -1.65. The highest BCUT2D eigenvalue weighted by Gasteiger charge is 2.42. The van der Waals surface area contributed by atoms with Crippen LogP contribution in [0.5, 0.6) is 5.88 Å². The van der Waals surface area contributed by atoms with Crippen molar-refractivity contribution in [3.05, 3.63) is 12.0 Å². The maximum absolute atomic E-state index is 11.0. The van der Waals surface area contributed by atoms with Crippen molar-refractivity contribution in [1.29, 1.82) is 0 Å². The minimum atomic E-state index is -1.21. The number of carbonyl (C=O) groups is 1. The van der Waals surface area contributed by atoms with Crippen molar-refractivity contribution >= 4 is 5.91 Å². The molecule has 0 aromatic carbocycles. The predicted molar refractivity (Wildman–Crippen MR) is 54.1 cm³/mol. The number of ether oxygens (including phenoxy) is 2. The Hall–Kier alpha value is -1.64. The van der Waals surface area contributed by atoms with Crippen molar-refractivity contribution in [2.24, 2.45) is 5.73 Å². The Morgan fingerprint density at radius 2 is 2.29 bits per heavy atom. The zero-order valence-corrected chi connectivity index (χ0v) is 9.03. The molecule has 1 amide bonds. The van der Waals surface area contributed by atoms with E-state index < -0.39 is 30.5 Å². The number of aromatic nitrogens is 2. The topological polar surface area (TPSA) is 131 Å². The van der Waals surface area contributed by atoms with Gasteiger partial charge in [-0.2, -0.15) is 0 Å². The molecule has 1 saturated heterocycles. The lowest BCUT2D eigenvalue weighted by Crippen LogP contribution is -2.35. The first kappa shape index (κ1) is 11.8. The Bertz CT molecular complexity index is 421. The molecule has 4 atom stereocenters. The first-order valence-electron chi connectivity index (χ1n) is 5.02. The van der Waals surface area contributed by atoms with E-state index >= 15 is 0 Å². The minimum Gasteiger partial charge on any atom is -0.443 e. The lowest BCUT2D eigenvalue weighted by Gasteiger charge is -2.15. The molecular weight excluding hydrogens is 230 g/mol. The van der Waals surface area contributed by atoms with Crippen LogP contribution < -0.4 is 10.5 Å². The van der Waals surface area contributed by atoms with Crippen molar-refractivity contribution in [2.75, 3.05) is 0 Å². The molecule has 8 nitrogen and oxygen atoms in total. The number of aliphatic hydroxyl groups excluding tert-OH is 2. The number of imidazole rings is 1. The molecule has 0 aliphatic carbocycles. The van der Waals surface area contributed by atoms with Gasteiger partial charge in [-0.3, -0.25) is 4.79 Å². The normalized spacial score (nSPS) is 32.6. The maximum Gasteiger partial charge on any atom is 0.270 e. The lowest BCUT2D eigenvalue weighted by atomic mass is 10.2. The zero-order valence-electron chi connectivity index (χ0n) is 9.03. The summed E-state index contributed by atoms with van der Waals surface area (Å²) in [6, 6.07) is 0. The molecule has 1 fully saturated rings. The van der Waals surface area contributed by atoms with Crippen LogP contribution >= 0.6 is 0 Å². The average molecular weight is 243 g/mol. The number of nitrogens with one attached hydrogen (secondary N) is 1. The number of rotatable bonds is 3. The molecule has 5 N–H and O–H groups in total. The second-order valence-corrected chi connectivity index (χ2v) is 3.76. The van der Waals surface area contributed by atoms with E-state index in [0.717, 1.165) is 0 Å². The number of nitrogens with zero attached hydrogens (tertiary/aromatic N) is 1. The van der Waals surface area contributed by atoms with E-state index in [1.165, 1.54) is 6.33 Å². The van der Waals surface area contributed by atoms with E-state index in [-0.39, 0.29) is 11.6 Å². The van der Waals surface area contributed by atoms with Crippen molar-refractivity contribution in [3.63, 3.8) is 0 Å². The number of aromatic amines is 1. The Labute approximate surface area is 96.4 Å². The average Bonchev–Trinajstić information content (AvgIpc) is 2.81. The number of nitrogens with two attached hydrogens (primary N) is 1. The quantitative estimate of drug-likeness (QED) is 0.503. The van der Waals surface area contributed by atoms with Crippen LogP contribution in [0.1, 0.15) is 17.4 Å². The van der Waals surface area contributed by atoms with Gasteiger partial charge in [0, 0.05) is 0 Å². The van der Waals surface area contributed by atoms with Gasteiger partial charge in [-0.25, -0.2) is 4.98 Å². The number of carbonyl (C=O) groups excluding carboxylic acids is 1. The fourth-order valence-corrected chi connectivity index (χ4v) is 1.57. The summed E-state index contributed by atoms with van der Waals surface area (Å²) in [5.74, 6) is -0.804. The summed E-state index contributed by atoms with van der Waals surface area (Å²) < 4.78 is 10.4. The molecule has 1 aromatic heterocycles. The molecular formula is C9H13N3O5. The van der Waals surface area contributed by atoms with Gasteiger partial charge in [0.05, 0.1) is 12.4 Å². The van der Waals surface area contributed by atoms with E-state index in [4.69, 9.17) is 15.2 Å². The van der Waals surface area contributed by atoms with Crippen molar-refractivity contribution in [1.82, 2.24) is 9.97 Å². The summed E-state index contributed by atoms with van der Waals surface area (Å²) in [6.07, 6.45) is -2.66. The van der Waals surface area contributed by atoms with Crippen molar-refractivity contribution in [2.45, 2.75) is 31.5 Å². The summed E-state index contributed by atoms with van der Waals surface area (Å²) in [5, 5.41) is 19.1. The summed E-state index contributed by atoms with van der Waals surface area (Å²) in [7, 11) is 0. The molecule has 1 aliphatic heterocycles. The number of primary amides is 1. The highest BCUT2D eigenvalue weighted by atomic mass is 16.7. The zero-order chi connectivity index (χ0) is 12.6. The van der Waals surface area contributed by atoms with Gasteiger partial charge in [-0.15, -0.1) is 0 Å². The van der Waals surface area contributed by atoms with E-state index in [2.05, 4.69) is 9.97 Å². The Kier molecular flexibility index (Phi) is 3.01. The molecule has 1 aromatic rings. The van der Waals surface area contributed by atoms with Crippen molar-refractivity contribution < 1.29 is 24.5 Å². The molecule has 8 heteroatoms. The van der Waals surface area contributed by atoms with E-state index in [1.54, 1.807) is 6.92 Å². The van der Waals surface area contributed by atoms with Crippen LogP contribution in [0.4, 0.5) is 0 Å². The Morgan fingerprint density at radius 1 is 1.59 bits per heavy atom. The summed E-state index contributed by atoms with van der Waals surface area (Å²) >= 11 is 0. The third-order valence-electron chi connectivity index (χ3n) is 2.54. The summed E-state index contributed by atoms with van der Waals surface area (Å²) in [5.41, 5.74) is 5.06. The van der Waals surface area contributed by atoms with E-state index in [0.29, 0.717) is 0 Å². The van der Waals surface area contributed by atoms with Gasteiger partial charge >= 0.3 is 0 Å². The number of hydrogen-bond donors (Lipinski definition) is 4. The van der Waals surface area contributed by atoms with Gasteiger partial charge in [-0.05, 0) is 6.92 Å². The molecule has 17 heavy (non-hydrogen) atoms. The highest BCUT2D eigenvalue weighted by molar-refractivity contribution is 5.93. The molecule has 2 rings (SSSR count). The van der Waals surface area contributed by atoms with Crippen LogP contribution in [-0.2, 0) is 4.74 Å². The summed E-state index contributed by atoms with van der Waals surface area (Å²) in [6.45, 7) is 1.59. The van der Waals surface area contributed by atoms with Gasteiger partial charge in [0.2, 0.25) is 12.2 Å². The third-order valence-corrected chi connectivity index (χ3v) is 2.54. The molecule has 0 bridgehead atoms. The smallest absolute Gasteiger partial charge is 0.270 e. The highest BCUT2D eigenvalue weighted by Crippen LogP contribution is 2.24. The second kappa shape index (κ2) is 4.32. The Morgan fingerprint density at radius 3 is 2.82 bits per heavy atom. The van der Waals surface area contributed by atoms with E-state index in [9.17, 15) is 15.0 Å². The largest absolute Gasteiger partial charge is 0.443 e. The number of amides is 1. The molecule has 0 saturated carbocycles. The maximum atomic E-state index is 11.0. The van der Waals surface area contributed by atoms with Crippen LogP contribution in [-0.4, -0.2) is 50.7 Å². The standard InChI is InChI=1S/C9H13N3O5/c1-3-5(13)6(14)9(16-3)17-8-4(7(10)15)11-2-12-8/h2-3,5-6,9,13-14H,1H3,(H2,10,15)(H,11,12)/t3-,5-,6-,9+/m1/s1. The summed E-state index contributed by atoms with van der Waals surface area (Å²) in [4.78, 5) is 17.2. The monoisotopic (exact) mass is 243 g/mol. The van der Waals surface area contributed by atoms with Gasteiger partial charge in [0.15, 0.2) is 5.69 Å². The molecule has 0 radical (unpaired) electrons. The molecule has 1 aliphatic rings. The number of H-pyrrole nitrogens is 1. The molecule has 2 heterocycles. The van der Waals surface area contributed by atoms with Crippen LogP contribution in [0.3, 0.4) is 0 Å². The molecule has 0 spiro atoms. The second-order valence-electron chi connectivity index (χ2n) is 3.76. The number of aliphatic hydroxyl groups is 2. The molecule has 94 valence electrons. The first-order chi connectivity index (χ1) is 8.00. The van der Waals surface area contributed by atoms with Gasteiger partial charge in [-0.1, -0.05) is 0 Å². The van der Waals surface area contributed by atoms with Crippen LogP contribution in [0.2, 0.25) is 0 Å². The lowest BCUT2D eigenvalue weighted by molar-refractivity contribution is -0.108. The fourth-order valence-electron chi connectivity index (χ4n) is 1.57. The van der Waals surface area contributed by atoms with Crippen molar-refractivity contribution in [3.8, 4) is 5.88 Å². The molecule has 0 unspecified atom stereocenters. The van der Waals surface area contributed by atoms with Gasteiger partial charge in [0.25, 0.3) is 5.91 Å². The van der Waals surface area contributed by atoms with Crippen LogP contribution in [0, 0.1) is 0 Å². The van der Waals surface area contributed by atoms with E-state index in [1.807, 2.05) is 0 Å². The number of hydrogen-bond acceptors (Lipinski definition) is 6. The SMILES string of the molecule is C[C@H]1O[C@@H](Oc2nc[nH]c2C(N)=O)[C@H](O)[C@@H]1O. The van der Waals surface area contributed by atoms with Gasteiger partial charge < -0.3 is 30.4 Å². The Balaban J connectivity index is 2.11. The van der Waals surface area contributed by atoms with Crippen LogP contribution in [0.15, 0.2) is 6.33 Å². The fraction of sp³-hybridized carbons (Fsp3) is 0.556. The van der Waals surface area contributed by atoms with Gasteiger partial charge in [0.1, 0.15) is 12.2 Å². The van der Waals surface area contributed by atoms with Crippen LogP contribution in [0.25, 0.3) is 0 Å².